The second-order valence-electron chi connectivity index (χ2n) is 5.35. The van der Waals surface area contributed by atoms with Crippen molar-refractivity contribution in [3.8, 4) is 0 Å². The van der Waals surface area contributed by atoms with Crippen LogP contribution in [0.1, 0.15) is 20.8 Å². The van der Waals surface area contributed by atoms with Crippen molar-refractivity contribution in [1.82, 2.24) is 10.4 Å². The monoisotopic (exact) mass is 316 g/mol. The second kappa shape index (κ2) is 9.60. The molecule has 0 aromatic heterocycles. The Labute approximate surface area is 132 Å². The lowest BCUT2D eigenvalue weighted by molar-refractivity contribution is 0.00878. The molecule has 1 amide bonds. The van der Waals surface area contributed by atoms with Gasteiger partial charge in [-0.15, -0.1) is 0 Å². The number of hydrogen-bond acceptors (Lipinski definition) is 4. The first-order valence-corrected chi connectivity index (χ1v) is 6.97. The number of carbonyl (C=O) groups is 1. The number of nitrogens with zero attached hydrogens (tertiary/aromatic N) is 1. The van der Waals surface area contributed by atoms with Crippen LogP contribution < -0.4 is 5.43 Å². The molecule has 0 aliphatic heterocycles. The van der Waals surface area contributed by atoms with Crippen LogP contribution in [0.25, 0.3) is 0 Å². The van der Waals surface area contributed by atoms with E-state index in [0.29, 0.717) is 30.3 Å². The van der Waals surface area contributed by atoms with Gasteiger partial charge in [-0.1, -0.05) is 30.8 Å². The van der Waals surface area contributed by atoms with Crippen LogP contribution in [0.3, 0.4) is 0 Å². The zero-order valence-electron chi connectivity index (χ0n) is 13.2. The zero-order valence-corrected chi connectivity index (χ0v) is 14.0. The molecule has 0 fully saturated rings. The Hall–Kier alpha value is -1.30. The van der Waals surface area contributed by atoms with Crippen LogP contribution in [0.5, 0.6) is 0 Å². The van der Waals surface area contributed by atoms with Crippen molar-refractivity contribution in [3.05, 3.63) is 35.9 Å². The highest BCUT2D eigenvalue weighted by molar-refractivity contribution is 6.31. The Kier molecular flexibility index (Phi) is 9.01. The van der Waals surface area contributed by atoms with Gasteiger partial charge in [0.2, 0.25) is 0 Å². The number of amides is 1. The van der Waals surface area contributed by atoms with Gasteiger partial charge in [-0.2, -0.15) is 0 Å². The van der Waals surface area contributed by atoms with Gasteiger partial charge in [0, 0.05) is 18.7 Å². The third-order valence-corrected chi connectivity index (χ3v) is 2.43. The van der Waals surface area contributed by atoms with E-state index in [9.17, 15) is 4.79 Å². The number of rotatable bonds is 8. The van der Waals surface area contributed by atoms with E-state index < -0.39 is 11.7 Å². The van der Waals surface area contributed by atoms with Crippen LogP contribution in [0, 0.1) is 0 Å². The molecule has 0 spiro atoms. The molecule has 0 aromatic carbocycles. The Bertz CT molecular complexity index is 400. The Balaban J connectivity index is 4.59. The van der Waals surface area contributed by atoms with Gasteiger partial charge < -0.3 is 9.47 Å². The number of ether oxygens (including phenoxy) is 2. The number of hydrogen-bond donors (Lipinski definition) is 1. The highest BCUT2D eigenvalue weighted by Crippen LogP contribution is 2.10. The molecule has 6 heteroatoms. The summed E-state index contributed by atoms with van der Waals surface area (Å²) < 4.78 is 10.3. The predicted octanol–water partition coefficient (Wildman–Crippen LogP) is 3.24. The molecular weight excluding hydrogens is 292 g/mol. The molecule has 0 atom stereocenters. The van der Waals surface area contributed by atoms with Gasteiger partial charge in [-0.3, -0.25) is 0 Å². The fourth-order valence-electron chi connectivity index (χ4n) is 1.24. The van der Waals surface area contributed by atoms with Crippen molar-refractivity contribution in [2.45, 2.75) is 26.4 Å². The maximum atomic E-state index is 12.1. The van der Waals surface area contributed by atoms with E-state index in [2.05, 4.69) is 18.6 Å². The summed E-state index contributed by atoms with van der Waals surface area (Å²) in [4.78, 5) is 12.1. The van der Waals surface area contributed by atoms with E-state index in [4.69, 9.17) is 21.1 Å². The zero-order chi connectivity index (χ0) is 16.5. The summed E-state index contributed by atoms with van der Waals surface area (Å²) in [5.74, 6) is 0. The fourth-order valence-corrected chi connectivity index (χ4v) is 1.39. The van der Waals surface area contributed by atoms with Gasteiger partial charge in [0.05, 0.1) is 13.2 Å². The summed E-state index contributed by atoms with van der Waals surface area (Å²) in [5, 5.41) is 1.85. The Morgan fingerprint density at radius 3 is 2.52 bits per heavy atom. The van der Waals surface area contributed by atoms with Crippen LogP contribution in [0.15, 0.2) is 35.9 Å². The quantitative estimate of drug-likeness (QED) is 0.552. The summed E-state index contributed by atoms with van der Waals surface area (Å²) in [7, 11) is 1.57. The molecule has 0 saturated carbocycles. The van der Waals surface area contributed by atoms with Gasteiger partial charge >= 0.3 is 6.09 Å². The van der Waals surface area contributed by atoms with Gasteiger partial charge in [0.1, 0.15) is 5.60 Å². The number of halogens is 1. The number of hydrazine groups is 1. The molecule has 0 aliphatic carbocycles. The molecule has 0 unspecified atom stereocenters. The van der Waals surface area contributed by atoms with Crippen LogP contribution in [-0.4, -0.2) is 43.5 Å². The van der Waals surface area contributed by atoms with Crippen LogP contribution in [-0.2, 0) is 9.47 Å². The number of allylic oxidation sites excluding steroid dienone is 2. The van der Waals surface area contributed by atoms with E-state index in [-0.39, 0.29) is 0 Å². The third-order valence-electron chi connectivity index (χ3n) is 2.17. The minimum Gasteiger partial charge on any atom is -0.443 e. The third kappa shape index (κ3) is 10.1. The molecule has 0 saturated heterocycles. The fraction of sp³-hybridized carbons (Fsp3) is 0.533. The van der Waals surface area contributed by atoms with Crippen molar-refractivity contribution in [2.24, 2.45) is 0 Å². The Morgan fingerprint density at radius 2 is 2.05 bits per heavy atom. The average Bonchev–Trinajstić information content (AvgIpc) is 2.36. The number of methoxy groups -OCH3 is 1. The number of carbonyl (C=O) groups excluding carboxylic acids is 1. The molecule has 0 radical (unpaired) electrons. The minimum atomic E-state index is -0.562. The average molecular weight is 317 g/mol. The first kappa shape index (κ1) is 19.7. The van der Waals surface area contributed by atoms with Gasteiger partial charge in [0.15, 0.2) is 0 Å². The topological polar surface area (TPSA) is 50.8 Å². The summed E-state index contributed by atoms with van der Waals surface area (Å²) >= 11 is 5.84. The lowest BCUT2D eigenvalue weighted by Crippen LogP contribution is -2.47. The highest BCUT2D eigenvalue weighted by Gasteiger charge is 2.21. The van der Waals surface area contributed by atoms with E-state index in [1.165, 1.54) is 11.1 Å². The van der Waals surface area contributed by atoms with Crippen molar-refractivity contribution in [2.75, 3.05) is 26.8 Å². The summed E-state index contributed by atoms with van der Waals surface area (Å²) in [6.07, 6.45) is 2.72. The van der Waals surface area contributed by atoms with Crippen LogP contribution in [0.2, 0.25) is 0 Å². The smallest absolute Gasteiger partial charge is 0.424 e. The van der Waals surface area contributed by atoms with E-state index in [0.717, 1.165) is 0 Å². The number of nitrogens with one attached hydrogen (secondary N) is 1. The van der Waals surface area contributed by atoms with Gasteiger partial charge in [-0.25, -0.2) is 15.2 Å². The molecule has 0 rings (SSSR count). The molecule has 0 aromatic rings. The second-order valence-corrected chi connectivity index (χ2v) is 5.79. The standard InChI is InChI=1S/C15H25ClN2O3/c1-7-13(16)10-12(2)11-17-18(8-9-20-6)14(19)21-15(3,4)5/h7,10,17H,1-2,8-9,11H2,3-6H3/b13-10+. The lowest BCUT2D eigenvalue weighted by atomic mass is 10.2. The van der Waals surface area contributed by atoms with Crippen LogP contribution >= 0.6 is 11.6 Å². The SMILES string of the molecule is C=C/C(Cl)=C\C(=C)CNN(CCOC)C(=O)OC(C)(C)C. The van der Waals surface area contributed by atoms with E-state index >= 15 is 0 Å². The predicted molar refractivity (Wildman–Crippen MR) is 86.1 cm³/mol. The minimum absolute atomic E-state index is 0.354. The molecule has 120 valence electrons. The highest BCUT2D eigenvalue weighted by atomic mass is 35.5. The summed E-state index contributed by atoms with van der Waals surface area (Å²) in [5.41, 5.74) is 3.10. The normalized spacial score (nSPS) is 12.0. The van der Waals surface area contributed by atoms with Crippen molar-refractivity contribution < 1.29 is 14.3 Å². The maximum Gasteiger partial charge on any atom is 0.424 e. The van der Waals surface area contributed by atoms with Crippen molar-refractivity contribution >= 4 is 17.7 Å². The molecular formula is C15H25ClN2O3. The largest absolute Gasteiger partial charge is 0.443 e. The molecule has 0 aliphatic rings. The Morgan fingerprint density at radius 1 is 1.43 bits per heavy atom. The van der Waals surface area contributed by atoms with Crippen LogP contribution in [0.4, 0.5) is 4.79 Å². The first-order valence-electron chi connectivity index (χ1n) is 6.60. The molecule has 0 bridgehead atoms. The lowest BCUT2D eigenvalue weighted by Gasteiger charge is -2.27. The first-order chi connectivity index (χ1) is 9.69. The molecule has 1 N–H and O–H groups in total. The van der Waals surface area contributed by atoms with E-state index in [1.54, 1.807) is 13.2 Å². The molecule has 0 heterocycles. The summed E-state index contributed by atoms with van der Waals surface area (Å²) in [6.45, 7) is 13.9. The molecule has 5 nitrogen and oxygen atoms in total. The van der Waals surface area contributed by atoms with Crippen molar-refractivity contribution in [3.63, 3.8) is 0 Å². The van der Waals surface area contributed by atoms with Crippen molar-refractivity contribution in [1.29, 1.82) is 0 Å². The van der Waals surface area contributed by atoms with Gasteiger partial charge in [-0.05, 0) is 32.4 Å². The molecule has 21 heavy (non-hydrogen) atoms. The summed E-state index contributed by atoms with van der Waals surface area (Å²) in [6, 6.07) is 0. The van der Waals surface area contributed by atoms with E-state index in [1.807, 2.05) is 20.8 Å². The maximum absolute atomic E-state index is 12.1. The van der Waals surface area contributed by atoms with Gasteiger partial charge in [0.25, 0.3) is 0 Å².